The number of imidazole rings is 1. The Kier molecular flexibility index (Phi) is 6.42. The van der Waals surface area contributed by atoms with E-state index in [9.17, 15) is 9.59 Å². The minimum Gasteiger partial charge on any atom is -0.453 e. The molecule has 4 aromatic heterocycles. The number of aromatic nitrogens is 6. The number of aryl methyl sites for hydroxylation is 3. The van der Waals surface area contributed by atoms with E-state index in [0.717, 1.165) is 40.4 Å². The first-order chi connectivity index (χ1) is 20.7. The summed E-state index contributed by atoms with van der Waals surface area (Å²) < 4.78 is 31.5. The van der Waals surface area contributed by atoms with E-state index < -0.39 is 17.6 Å². The fourth-order valence-electron chi connectivity index (χ4n) is 6.94. The van der Waals surface area contributed by atoms with Crippen molar-refractivity contribution in [2.24, 2.45) is 14.1 Å². The summed E-state index contributed by atoms with van der Waals surface area (Å²) in [4.78, 5) is 34.4. The molecule has 1 aliphatic carbocycles. The fourth-order valence-corrected chi connectivity index (χ4v) is 6.94. The summed E-state index contributed by atoms with van der Waals surface area (Å²) in [5.41, 5.74) is 4.79. The average molecular weight is 588 g/mol. The Bertz CT molecular complexity index is 1940. The molecule has 0 saturated heterocycles. The number of hydrogen-bond acceptors (Lipinski definition) is 6. The van der Waals surface area contributed by atoms with Crippen molar-refractivity contribution in [3.63, 3.8) is 0 Å². The second kappa shape index (κ2) is 10.1. The van der Waals surface area contributed by atoms with Gasteiger partial charge in [-0.2, -0.15) is 4.39 Å². The van der Waals surface area contributed by atoms with Crippen molar-refractivity contribution in [3.05, 3.63) is 58.7 Å². The molecule has 0 radical (unpaired) electrons. The lowest BCUT2D eigenvalue weighted by atomic mass is 9.78. The molecule has 2 aliphatic heterocycles. The van der Waals surface area contributed by atoms with Crippen molar-refractivity contribution in [1.29, 1.82) is 0 Å². The molecule has 224 valence electrons. The Morgan fingerprint density at radius 3 is 2.77 bits per heavy atom. The third-order valence-corrected chi connectivity index (χ3v) is 9.23. The third kappa shape index (κ3) is 4.34. The second-order valence-corrected chi connectivity index (χ2v) is 11.9. The van der Waals surface area contributed by atoms with E-state index in [1.807, 2.05) is 23.6 Å². The number of hydrogen-bond donors (Lipinski definition) is 2. The first-order valence-electron chi connectivity index (χ1n) is 14.6. The number of methoxy groups -OCH3 is 1. The highest BCUT2D eigenvalue weighted by atomic mass is 19.1. The van der Waals surface area contributed by atoms with Gasteiger partial charge in [0.1, 0.15) is 5.65 Å². The minimum absolute atomic E-state index is 0.168. The number of nitrogens with one attached hydrogen (secondary N) is 2. The van der Waals surface area contributed by atoms with Gasteiger partial charge in [0.2, 0.25) is 5.95 Å². The average Bonchev–Trinajstić information content (AvgIpc) is 3.62. The number of halogens is 1. The van der Waals surface area contributed by atoms with Crippen molar-refractivity contribution in [1.82, 2.24) is 34.2 Å². The normalized spacial score (nSPS) is 22.2. The highest BCUT2D eigenvalue weighted by Crippen LogP contribution is 2.44. The van der Waals surface area contributed by atoms with Crippen molar-refractivity contribution in [2.45, 2.75) is 56.7 Å². The molecule has 5 aromatic rings. The molecular formula is C31H34FN7O4. The minimum atomic E-state index is -0.672. The predicted molar refractivity (Wildman–Crippen MR) is 159 cm³/mol. The molecule has 3 atom stereocenters. The first-order valence-corrected chi connectivity index (χ1v) is 14.6. The molecule has 1 aromatic carbocycles. The predicted octanol–water partition coefficient (Wildman–Crippen LogP) is 4.59. The van der Waals surface area contributed by atoms with Gasteiger partial charge in [-0.05, 0) is 50.2 Å². The lowest BCUT2D eigenvalue weighted by Gasteiger charge is -2.44. The number of ether oxygens (including phenoxy) is 2. The van der Waals surface area contributed by atoms with Gasteiger partial charge < -0.3 is 19.8 Å². The summed E-state index contributed by atoms with van der Waals surface area (Å²) in [6.45, 7) is 2.48. The van der Waals surface area contributed by atoms with Crippen LogP contribution in [0.4, 0.5) is 9.18 Å². The molecule has 6 heterocycles. The van der Waals surface area contributed by atoms with Crippen LogP contribution in [-0.4, -0.2) is 60.3 Å². The molecule has 1 saturated carbocycles. The monoisotopic (exact) mass is 587 g/mol. The van der Waals surface area contributed by atoms with Crippen molar-refractivity contribution < 1.29 is 18.7 Å². The van der Waals surface area contributed by atoms with E-state index in [1.54, 1.807) is 31.1 Å². The maximum absolute atomic E-state index is 15.2. The maximum Gasteiger partial charge on any atom is 0.407 e. The molecule has 3 aliphatic rings. The van der Waals surface area contributed by atoms with Crippen LogP contribution in [0, 0.1) is 5.95 Å². The van der Waals surface area contributed by atoms with Gasteiger partial charge in [0.15, 0.2) is 0 Å². The number of fused-ring (bicyclic) bond motifs is 5. The molecule has 2 N–H and O–H groups in total. The number of rotatable bonds is 2. The van der Waals surface area contributed by atoms with E-state index in [-0.39, 0.29) is 17.8 Å². The Morgan fingerprint density at radius 1 is 1.26 bits per heavy atom. The molecule has 0 unspecified atom stereocenters. The van der Waals surface area contributed by atoms with Crippen LogP contribution < -0.4 is 11.0 Å². The standard InChI is InChI=1S/C31H34FN7O4/c1-31(35-29(40)42-4)12-11-19-14-22(31)43-13-5-6-17-7-9-18(10-8-17)23-24-26-21(38(3)30(41)39(19)26)15-33-28(24)34-25(23)20-16-37(2)36-27(20)32/h7-10,15-16,19,22H,5-6,11-14H2,1-4H3,(H,33,34)(H,35,40)/t19-,22+,31+/m0/s1. The van der Waals surface area contributed by atoms with Crippen LogP contribution in [0.5, 0.6) is 0 Å². The van der Waals surface area contributed by atoms with Gasteiger partial charge in [0.25, 0.3) is 0 Å². The van der Waals surface area contributed by atoms with Crippen LogP contribution in [0.1, 0.15) is 44.2 Å². The second-order valence-electron chi connectivity index (χ2n) is 11.9. The lowest BCUT2D eigenvalue weighted by Crippen LogP contribution is -2.58. The van der Waals surface area contributed by atoms with Gasteiger partial charge in [0, 0.05) is 38.5 Å². The Morgan fingerprint density at radius 2 is 2.05 bits per heavy atom. The smallest absolute Gasteiger partial charge is 0.407 e. The van der Waals surface area contributed by atoms with Gasteiger partial charge in [-0.25, -0.2) is 14.6 Å². The number of alkyl carbamates (subject to hydrolysis) is 1. The molecule has 43 heavy (non-hydrogen) atoms. The number of aromatic amines is 1. The van der Waals surface area contributed by atoms with Crippen molar-refractivity contribution in [2.75, 3.05) is 13.7 Å². The maximum atomic E-state index is 15.2. The number of pyridine rings is 1. The quantitative estimate of drug-likeness (QED) is 0.312. The fraction of sp³-hybridized carbons (Fsp3) is 0.419. The summed E-state index contributed by atoms with van der Waals surface area (Å²) in [5, 5.41) is 7.71. The zero-order chi connectivity index (χ0) is 30.0. The summed E-state index contributed by atoms with van der Waals surface area (Å²) in [5.74, 6) is -0.593. The topological polar surface area (TPSA) is 121 Å². The molecular weight excluding hydrogens is 553 g/mol. The van der Waals surface area contributed by atoms with Crippen LogP contribution in [0.2, 0.25) is 0 Å². The van der Waals surface area contributed by atoms with E-state index >= 15 is 4.39 Å². The molecule has 0 spiro atoms. The SMILES string of the molecule is COC(=O)N[C@]1(C)CC[C@H]2C[C@H]1OCCCc1ccc(cc1)-c1c(-c3cn(C)nc3F)[nH]c3ncc4c(c13)n2c(=O)n4C. The lowest BCUT2D eigenvalue weighted by molar-refractivity contribution is -0.0446. The molecule has 1 fully saturated rings. The summed E-state index contributed by atoms with van der Waals surface area (Å²) >= 11 is 0. The van der Waals surface area contributed by atoms with E-state index in [4.69, 9.17) is 14.5 Å². The van der Waals surface area contributed by atoms with Crippen LogP contribution in [0.3, 0.4) is 0 Å². The number of nitrogens with zero attached hydrogens (tertiary/aromatic N) is 5. The zero-order valence-electron chi connectivity index (χ0n) is 24.6. The highest BCUT2D eigenvalue weighted by Gasteiger charge is 2.44. The van der Waals surface area contributed by atoms with Crippen LogP contribution >= 0.6 is 0 Å². The Labute approximate surface area is 246 Å². The zero-order valence-corrected chi connectivity index (χ0v) is 24.6. The Balaban J connectivity index is 1.52. The van der Waals surface area contributed by atoms with Crippen LogP contribution in [-0.2, 0) is 30.0 Å². The number of benzene rings is 1. The highest BCUT2D eigenvalue weighted by molar-refractivity contribution is 6.14. The van der Waals surface area contributed by atoms with Crippen LogP contribution in [0.25, 0.3) is 44.5 Å². The number of H-pyrrole nitrogens is 1. The third-order valence-electron chi connectivity index (χ3n) is 9.23. The van der Waals surface area contributed by atoms with Gasteiger partial charge in [-0.1, -0.05) is 24.3 Å². The summed E-state index contributed by atoms with van der Waals surface area (Å²) in [6.07, 6.45) is 5.78. The summed E-state index contributed by atoms with van der Waals surface area (Å²) in [6, 6.07) is 8.01. The van der Waals surface area contributed by atoms with Gasteiger partial charge in [-0.3, -0.25) is 13.8 Å². The van der Waals surface area contributed by atoms with Crippen molar-refractivity contribution >= 4 is 28.2 Å². The molecule has 1 amide bonds. The van der Waals surface area contributed by atoms with E-state index in [0.29, 0.717) is 48.3 Å². The number of carbonyl (C=O) groups excluding carboxylic acids is 1. The van der Waals surface area contributed by atoms with Gasteiger partial charge in [-0.15, -0.1) is 5.10 Å². The van der Waals surface area contributed by atoms with E-state index in [2.05, 4.69) is 27.5 Å². The van der Waals surface area contributed by atoms with Gasteiger partial charge in [0.05, 0.1) is 52.6 Å². The molecule has 8 rings (SSSR count). The molecule has 12 heteroatoms. The molecule has 11 nitrogen and oxygen atoms in total. The van der Waals surface area contributed by atoms with Gasteiger partial charge >= 0.3 is 11.8 Å². The first kappa shape index (κ1) is 27.4. The summed E-state index contributed by atoms with van der Waals surface area (Å²) in [7, 11) is 4.78. The molecule has 4 bridgehead atoms. The Hall–Kier alpha value is -4.45. The number of amides is 1. The van der Waals surface area contributed by atoms with Crippen molar-refractivity contribution in [3.8, 4) is 22.4 Å². The van der Waals surface area contributed by atoms with Crippen LogP contribution in [0.15, 0.2) is 41.5 Å². The van der Waals surface area contributed by atoms with E-state index in [1.165, 1.54) is 11.8 Å². The number of carbonyl (C=O) groups is 1. The largest absolute Gasteiger partial charge is 0.453 e.